The van der Waals surface area contributed by atoms with E-state index in [4.69, 9.17) is 5.73 Å². The van der Waals surface area contributed by atoms with Crippen LogP contribution in [-0.2, 0) is 9.59 Å². The van der Waals surface area contributed by atoms with E-state index in [0.717, 1.165) is 12.8 Å². The highest BCUT2D eigenvalue weighted by atomic mass is 35.5. The number of rotatable bonds is 5. The lowest BCUT2D eigenvalue weighted by atomic mass is 10.1. The number of hydrogen-bond acceptors (Lipinski definition) is 4. The van der Waals surface area contributed by atoms with E-state index in [0.29, 0.717) is 23.7 Å². The van der Waals surface area contributed by atoms with Crippen LogP contribution in [0.2, 0.25) is 0 Å². The Morgan fingerprint density at radius 1 is 1.25 bits per heavy atom. The van der Waals surface area contributed by atoms with Crippen LogP contribution < -0.4 is 21.5 Å². The molecule has 24 heavy (non-hydrogen) atoms. The number of nitrogens with two attached hydrogens (primary N) is 1. The molecule has 0 radical (unpaired) electrons. The number of hydrazine groups is 1. The van der Waals surface area contributed by atoms with Gasteiger partial charge in [-0.05, 0) is 43.0 Å². The fourth-order valence-corrected chi connectivity index (χ4v) is 2.55. The Morgan fingerprint density at radius 2 is 1.92 bits per heavy atom. The minimum atomic E-state index is -0.194. The molecule has 130 valence electrons. The highest BCUT2D eigenvalue weighted by Crippen LogP contribution is 2.31. The predicted molar refractivity (Wildman–Crippen MR) is 91.6 cm³/mol. The number of hydrogen-bond donors (Lipinski definition) is 3. The topological polar surface area (TPSA) is 105 Å². The Labute approximate surface area is 146 Å². The first-order valence-electron chi connectivity index (χ1n) is 7.81. The van der Waals surface area contributed by atoms with Gasteiger partial charge in [-0.1, -0.05) is 0 Å². The molecule has 3 amide bonds. The fraction of sp³-hybridized carbons (Fsp3) is 0.438. The van der Waals surface area contributed by atoms with Gasteiger partial charge in [-0.25, -0.2) is 5.01 Å². The molecule has 7 nitrogen and oxygen atoms in total. The highest BCUT2D eigenvalue weighted by Gasteiger charge is 2.28. The summed E-state index contributed by atoms with van der Waals surface area (Å²) in [6, 6.07) is 6.54. The standard InChI is InChI=1S/C16H20N4O3.ClH/c17-13(10-1-2-10)9-18-16(23)11-3-5-12(6-4-11)20-15(22)8-7-14(21)19-20;/h3-6,10,13H,1-2,7-9,17H2,(H,18,23)(H,19,21);1H. The first-order chi connectivity index (χ1) is 11.0. The average molecular weight is 353 g/mol. The van der Waals surface area contributed by atoms with Gasteiger partial charge in [-0.2, -0.15) is 0 Å². The van der Waals surface area contributed by atoms with Gasteiger partial charge < -0.3 is 11.1 Å². The van der Waals surface area contributed by atoms with Gasteiger partial charge in [0, 0.05) is 31.0 Å². The van der Waals surface area contributed by atoms with E-state index in [1.54, 1.807) is 24.3 Å². The molecule has 4 N–H and O–H groups in total. The molecule has 1 aromatic carbocycles. The fourth-order valence-electron chi connectivity index (χ4n) is 2.55. The quantitative estimate of drug-likeness (QED) is 0.726. The monoisotopic (exact) mass is 352 g/mol. The molecule has 1 heterocycles. The lowest BCUT2D eigenvalue weighted by Gasteiger charge is -2.27. The van der Waals surface area contributed by atoms with Gasteiger partial charge in [-0.15, -0.1) is 12.4 Å². The first-order valence-corrected chi connectivity index (χ1v) is 7.81. The second-order valence-corrected chi connectivity index (χ2v) is 6.02. The predicted octanol–water partition coefficient (Wildman–Crippen LogP) is 0.733. The summed E-state index contributed by atoms with van der Waals surface area (Å²) >= 11 is 0. The van der Waals surface area contributed by atoms with E-state index in [-0.39, 0.29) is 49.0 Å². The Balaban J connectivity index is 0.00000208. The molecule has 1 aliphatic heterocycles. The Morgan fingerprint density at radius 3 is 2.54 bits per heavy atom. The third-order valence-corrected chi connectivity index (χ3v) is 4.17. The van der Waals surface area contributed by atoms with Crippen molar-refractivity contribution >= 4 is 35.8 Å². The Bertz CT molecular complexity index is 631. The van der Waals surface area contributed by atoms with Crippen LogP contribution >= 0.6 is 12.4 Å². The molecule has 8 heteroatoms. The first kappa shape index (κ1) is 18.2. The van der Waals surface area contributed by atoms with Crippen LogP contribution in [0.5, 0.6) is 0 Å². The van der Waals surface area contributed by atoms with Crippen molar-refractivity contribution < 1.29 is 14.4 Å². The molecule has 0 aromatic heterocycles. The third kappa shape index (κ3) is 4.24. The lowest BCUT2D eigenvalue weighted by Crippen LogP contribution is -2.50. The van der Waals surface area contributed by atoms with Gasteiger partial charge in [0.05, 0.1) is 5.69 Å². The largest absolute Gasteiger partial charge is 0.350 e. The van der Waals surface area contributed by atoms with Gasteiger partial charge in [0.1, 0.15) is 0 Å². The van der Waals surface area contributed by atoms with Gasteiger partial charge >= 0.3 is 0 Å². The minimum Gasteiger partial charge on any atom is -0.350 e. The van der Waals surface area contributed by atoms with Crippen LogP contribution in [0.4, 0.5) is 5.69 Å². The summed E-state index contributed by atoms with van der Waals surface area (Å²) in [5.74, 6) is -0.0225. The minimum absolute atomic E-state index is 0. The zero-order chi connectivity index (χ0) is 16.4. The lowest BCUT2D eigenvalue weighted by molar-refractivity contribution is -0.130. The van der Waals surface area contributed by atoms with Gasteiger partial charge in [0.25, 0.3) is 5.91 Å². The summed E-state index contributed by atoms with van der Waals surface area (Å²) in [7, 11) is 0. The maximum atomic E-state index is 12.1. The Hall–Kier alpha value is -2.12. The molecular formula is C16H21ClN4O3. The molecule has 2 aliphatic rings. The van der Waals surface area contributed by atoms with Crippen molar-refractivity contribution in [1.82, 2.24) is 10.7 Å². The number of nitrogens with one attached hydrogen (secondary N) is 2. The summed E-state index contributed by atoms with van der Waals surface area (Å²) in [6.45, 7) is 0.464. The van der Waals surface area contributed by atoms with E-state index in [9.17, 15) is 14.4 Å². The zero-order valence-corrected chi connectivity index (χ0v) is 14.0. The van der Waals surface area contributed by atoms with E-state index in [1.165, 1.54) is 5.01 Å². The number of carbonyl (C=O) groups is 3. The molecule has 1 aromatic rings. The number of halogens is 1. The van der Waals surface area contributed by atoms with Crippen LogP contribution in [0.3, 0.4) is 0 Å². The van der Waals surface area contributed by atoms with Crippen molar-refractivity contribution in [3.05, 3.63) is 29.8 Å². The number of carbonyl (C=O) groups excluding carboxylic acids is 3. The molecule has 0 bridgehead atoms. The zero-order valence-electron chi connectivity index (χ0n) is 13.2. The molecule has 1 saturated heterocycles. The van der Waals surface area contributed by atoms with Crippen LogP contribution in [0.15, 0.2) is 24.3 Å². The summed E-state index contributed by atoms with van der Waals surface area (Å²) in [5.41, 5.74) is 9.50. The summed E-state index contributed by atoms with van der Waals surface area (Å²) in [6.07, 6.45) is 2.67. The van der Waals surface area contributed by atoms with Crippen molar-refractivity contribution in [2.24, 2.45) is 11.7 Å². The number of anilines is 1. The number of amides is 3. The average Bonchev–Trinajstić information content (AvgIpc) is 3.40. The van der Waals surface area contributed by atoms with Crippen LogP contribution in [0.1, 0.15) is 36.0 Å². The number of nitrogens with zero attached hydrogens (tertiary/aromatic N) is 1. The van der Waals surface area contributed by atoms with Gasteiger partial charge in [0.2, 0.25) is 11.8 Å². The van der Waals surface area contributed by atoms with E-state index in [1.807, 2.05) is 0 Å². The normalized spacial score (nSPS) is 18.5. The molecule has 1 saturated carbocycles. The van der Waals surface area contributed by atoms with Crippen LogP contribution in [-0.4, -0.2) is 30.3 Å². The van der Waals surface area contributed by atoms with Crippen molar-refractivity contribution in [2.45, 2.75) is 31.7 Å². The molecule has 0 spiro atoms. The Kier molecular flexibility index (Phi) is 5.80. The van der Waals surface area contributed by atoms with E-state index >= 15 is 0 Å². The van der Waals surface area contributed by atoms with Gasteiger partial charge in [0.15, 0.2) is 0 Å². The molecule has 1 unspecified atom stereocenters. The second kappa shape index (κ2) is 7.63. The SMILES string of the molecule is Cl.NC(CNC(=O)c1ccc(N2NC(=O)CCC2=O)cc1)C1CC1. The van der Waals surface area contributed by atoms with Crippen molar-refractivity contribution in [3.8, 4) is 0 Å². The van der Waals surface area contributed by atoms with E-state index in [2.05, 4.69) is 10.7 Å². The van der Waals surface area contributed by atoms with Gasteiger partial charge in [-0.3, -0.25) is 19.8 Å². The van der Waals surface area contributed by atoms with E-state index < -0.39 is 0 Å². The van der Waals surface area contributed by atoms with Crippen molar-refractivity contribution in [1.29, 1.82) is 0 Å². The second-order valence-electron chi connectivity index (χ2n) is 6.02. The summed E-state index contributed by atoms with van der Waals surface area (Å²) < 4.78 is 0. The van der Waals surface area contributed by atoms with Crippen LogP contribution in [0.25, 0.3) is 0 Å². The third-order valence-electron chi connectivity index (χ3n) is 4.17. The van der Waals surface area contributed by atoms with Crippen molar-refractivity contribution in [2.75, 3.05) is 11.6 Å². The maximum absolute atomic E-state index is 12.1. The molecule has 2 fully saturated rings. The smallest absolute Gasteiger partial charge is 0.251 e. The molecule has 1 aliphatic carbocycles. The number of benzene rings is 1. The highest BCUT2D eigenvalue weighted by molar-refractivity contribution is 6.01. The molecular weight excluding hydrogens is 332 g/mol. The van der Waals surface area contributed by atoms with Crippen LogP contribution in [0, 0.1) is 5.92 Å². The van der Waals surface area contributed by atoms with Crippen molar-refractivity contribution in [3.63, 3.8) is 0 Å². The maximum Gasteiger partial charge on any atom is 0.251 e. The molecule has 1 atom stereocenters. The molecule has 3 rings (SSSR count). The summed E-state index contributed by atoms with van der Waals surface area (Å²) in [4.78, 5) is 35.3. The summed E-state index contributed by atoms with van der Waals surface area (Å²) in [5, 5.41) is 4.04.